The van der Waals surface area contributed by atoms with Gasteiger partial charge in [0.2, 0.25) is 5.75 Å². The number of nitrogens with zero attached hydrogens (tertiary/aromatic N) is 1. The fourth-order valence-electron chi connectivity index (χ4n) is 1.72. The van der Waals surface area contributed by atoms with E-state index >= 15 is 0 Å². The normalized spacial score (nSPS) is 10.4. The van der Waals surface area contributed by atoms with Gasteiger partial charge in [0.25, 0.3) is 0 Å². The number of rotatable bonds is 6. The lowest BCUT2D eigenvalue weighted by atomic mass is 10.2. The molecule has 0 saturated carbocycles. The summed E-state index contributed by atoms with van der Waals surface area (Å²) in [7, 11) is 0. The molecule has 0 bridgehead atoms. The number of hydrogen-bond acceptors (Lipinski definition) is 4. The van der Waals surface area contributed by atoms with E-state index in [1.807, 2.05) is 0 Å². The summed E-state index contributed by atoms with van der Waals surface area (Å²) in [6, 6.07) is 5.79. The number of ether oxygens (including phenoxy) is 2. The molecule has 0 N–H and O–H groups in total. The van der Waals surface area contributed by atoms with Crippen LogP contribution in [0.15, 0.2) is 30.3 Å². The molecule has 0 radical (unpaired) electrons. The minimum atomic E-state index is -0.820. The number of nitro groups is 1. The average Bonchev–Trinajstić information content (AvgIpc) is 2.48. The average molecular weight is 364 g/mol. The Morgan fingerprint density at radius 2 is 1.96 bits per heavy atom. The van der Waals surface area contributed by atoms with Crippen molar-refractivity contribution in [2.75, 3.05) is 13.3 Å². The van der Waals surface area contributed by atoms with Gasteiger partial charge < -0.3 is 9.47 Å². The third-order valence-electron chi connectivity index (χ3n) is 2.65. The summed E-state index contributed by atoms with van der Waals surface area (Å²) in [4.78, 5) is 10.2. The van der Waals surface area contributed by atoms with E-state index < -0.39 is 17.4 Å². The zero-order valence-electron chi connectivity index (χ0n) is 11.4. The molecule has 0 aliphatic rings. The van der Waals surface area contributed by atoms with Crippen molar-refractivity contribution in [2.24, 2.45) is 0 Å². The molecule has 0 aliphatic carbocycles. The highest BCUT2D eigenvalue weighted by Gasteiger charge is 2.18. The van der Waals surface area contributed by atoms with Gasteiger partial charge >= 0.3 is 5.69 Å². The first-order valence-electron chi connectivity index (χ1n) is 6.22. The van der Waals surface area contributed by atoms with Crippen molar-refractivity contribution in [3.05, 3.63) is 56.3 Å². The number of hydrogen-bond donors (Lipinski definition) is 0. The van der Waals surface area contributed by atoms with Crippen LogP contribution >= 0.6 is 23.2 Å². The lowest BCUT2D eigenvalue weighted by molar-refractivity contribution is -0.385. The molecule has 0 aliphatic heterocycles. The van der Waals surface area contributed by atoms with Gasteiger partial charge in [0.15, 0.2) is 11.6 Å². The van der Waals surface area contributed by atoms with Crippen LogP contribution in [0.25, 0.3) is 0 Å². The van der Waals surface area contributed by atoms with Gasteiger partial charge in [-0.25, -0.2) is 8.78 Å². The first kappa shape index (κ1) is 17.2. The first-order valence-corrected chi connectivity index (χ1v) is 6.97. The summed E-state index contributed by atoms with van der Waals surface area (Å²) in [5, 5.41) is 10.9. The van der Waals surface area contributed by atoms with E-state index in [9.17, 15) is 18.9 Å². The van der Waals surface area contributed by atoms with Gasteiger partial charge in [0, 0.05) is 17.2 Å². The minimum absolute atomic E-state index is 0.0348. The van der Waals surface area contributed by atoms with Gasteiger partial charge in [0.1, 0.15) is 19.0 Å². The van der Waals surface area contributed by atoms with E-state index in [4.69, 9.17) is 32.7 Å². The highest BCUT2D eigenvalue weighted by molar-refractivity contribution is 6.35. The fraction of sp³-hybridized carbons (Fsp3) is 0.143. The minimum Gasteiger partial charge on any atom is -0.484 e. The van der Waals surface area contributed by atoms with Crippen molar-refractivity contribution >= 4 is 28.9 Å². The number of alkyl halides is 1. The highest BCUT2D eigenvalue weighted by atomic mass is 35.5. The van der Waals surface area contributed by atoms with Crippen molar-refractivity contribution < 1.29 is 23.2 Å². The molecule has 5 nitrogen and oxygen atoms in total. The third kappa shape index (κ3) is 4.20. The van der Waals surface area contributed by atoms with Gasteiger partial charge in [-0.1, -0.05) is 23.2 Å². The van der Waals surface area contributed by atoms with Crippen LogP contribution in [0.1, 0.15) is 0 Å². The van der Waals surface area contributed by atoms with Crippen LogP contribution in [0.2, 0.25) is 10.0 Å². The molecule has 0 heterocycles. The Bertz CT molecular complexity index is 720. The molecule has 122 valence electrons. The molecule has 0 unspecified atom stereocenters. The third-order valence-corrected chi connectivity index (χ3v) is 3.14. The molecule has 0 aromatic heterocycles. The zero-order valence-corrected chi connectivity index (χ0v) is 12.9. The largest absolute Gasteiger partial charge is 0.484 e. The molecule has 2 aromatic carbocycles. The second-order valence-electron chi connectivity index (χ2n) is 4.22. The van der Waals surface area contributed by atoms with Crippen LogP contribution in [-0.4, -0.2) is 18.2 Å². The van der Waals surface area contributed by atoms with E-state index in [0.29, 0.717) is 0 Å². The highest BCUT2D eigenvalue weighted by Crippen LogP contribution is 2.37. The van der Waals surface area contributed by atoms with E-state index in [0.717, 1.165) is 18.2 Å². The van der Waals surface area contributed by atoms with Crippen molar-refractivity contribution in [3.63, 3.8) is 0 Å². The predicted molar refractivity (Wildman–Crippen MR) is 81.1 cm³/mol. The predicted octanol–water partition coefficient (Wildman–Crippen LogP) is 5.18. The van der Waals surface area contributed by atoms with E-state index in [-0.39, 0.29) is 39.6 Å². The van der Waals surface area contributed by atoms with Gasteiger partial charge in [-0.2, -0.15) is 0 Å². The topological polar surface area (TPSA) is 61.6 Å². The van der Waals surface area contributed by atoms with Gasteiger partial charge in [-0.3, -0.25) is 10.1 Å². The maximum atomic E-state index is 13.8. The summed E-state index contributed by atoms with van der Waals surface area (Å²) in [6.45, 7) is -1.18. The summed E-state index contributed by atoms with van der Waals surface area (Å²) >= 11 is 11.5. The quantitative estimate of drug-likeness (QED) is 0.523. The lowest BCUT2D eigenvalue weighted by Crippen LogP contribution is -2.02. The molecule has 2 aromatic rings. The van der Waals surface area contributed by atoms with Crippen LogP contribution in [0.4, 0.5) is 14.5 Å². The van der Waals surface area contributed by atoms with Crippen molar-refractivity contribution in [1.29, 1.82) is 0 Å². The zero-order chi connectivity index (χ0) is 17.0. The molecule has 9 heteroatoms. The van der Waals surface area contributed by atoms with Gasteiger partial charge in [-0.15, -0.1) is 0 Å². The molecular weight excluding hydrogens is 355 g/mol. The van der Waals surface area contributed by atoms with Crippen LogP contribution in [0, 0.1) is 15.9 Å². The van der Waals surface area contributed by atoms with Crippen molar-refractivity contribution in [2.45, 2.75) is 0 Å². The number of nitro benzene ring substituents is 1. The standard InChI is InChI=1S/C14H9Cl2F2NO4/c15-8-5-10(16)14(11(18)6-8)23-9-1-2-12(19(20)21)13(7-9)22-4-3-17/h1-2,5-7H,3-4H2. The second-order valence-corrected chi connectivity index (χ2v) is 5.07. The van der Waals surface area contributed by atoms with E-state index in [2.05, 4.69) is 0 Å². The van der Waals surface area contributed by atoms with Crippen molar-refractivity contribution in [1.82, 2.24) is 0 Å². The summed E-state index contributed by atoms with van der Waals surface area (Å²) in [6.07, 6.45) is 0. The Morgan fingerprint density at radius 3 is 2.57 bits per heavy atom. The van der Waals surface area contributed by atoms with Crippen LogP contribution < -0.4 is 9.47 Å². The Morgan fingerprint density at radius 1 is 1.22 bits per heavy atom. The number of benzene rings is 2. The Labute approximate surface area is 139 Å². The molecule has 0 spiro atoms. The Hall–Kier alpha value is -2.12. The second kappa shape index (κ2) is 7.43. The molecular formula is C14H9Cl2F2NO4. The number of halogens is 4. The lowest BCUT2D eigenvalue weighted by Gasteiger charge is -2.11. The van der Waals surface area contributed by atoms with Crippen LogP contribution in [0.5, 0.6) is 17.2 Å². The van der Waals surface area contributed by atoms with Crippen LogP contribution in [0.3, 0.4) is 0 Å². The summed E-state index contributed by atoms with van der Waals surface area (Å²) in [5.74, 6) is -1.25. The smallest absolute Gasteiger partial charge is 0.311 e. The molecule has 2 rings (SSSR count). The van der Waals surface area contributed by atoms with Gasteiger partial charge in [-0.05, 0) is 18.2 Å². The fourth-order valence-corrected chi connectivity index (χ4v) is 2.22. The molecule has 0 atom stereocenters. The Kier molecular flexibility index (Phi) is 5.57. The molecule has 23 heavy (non-hydrogen) atoms. The SMILES string of the molecule is O=[N+]([O-])c1ccc(Oc2c(F)cc(Cl)cc2Cl)cc1OCCF. The van der Waals surface area contributed by atoms with E-state index in [1.165, 1.54) is 12.1 Å². The first-order chi connectivity index (χ1) is 10.9. The molecule has 0 amide bonds. The summed E-state index contributed by atoms with van der Waals surface area (Å²) in [5.41, 5.74) is -0.367. The summed E-state index contributed by atoms with van der Waals surface area (Å²) < 4.78 is 36.3. The van der Waals surface area contributed by atoms with Crippen molar-refractivity contribution in [3.8, 4) is 17.2 Å². The Balaban J connectivity index is 2.35. The monoisotopic (exact) mass is 363 g/mol. The van der Waals surface area contributed by atoms with Gasteiger partial charge in [0.05, 0.1) is 9.95 Å². The molecule has 0 fully saturated rings. The maximum absolute atomic E-state index is 13.8. The van der Waals surface area contributed by atoms with Crippen LogP contribution in [-0.2, 0) is 0 Å². The maximum Gasteiger partial charge on any atom is 0.311 e. The molecule has 0 saturated heterocycles. The van der Waals surface area contributed by atoms with E-state index in [1.54, 1.807) is 0 Å².